The Morgan fingerprint density at radius 2 is 2.22 bits per heavy atom. The van der Waals surface area contributed by atoms with Crippen LogP contribution in [0.2, 0.25) is 0 Å². The van der Waals surface area contributed by atoms with E-state index in [0.29, 0.717) is 0 Å². The normalized spacial score (nSPS) is 12.3. The van der Waals surface area contributed by atoms with Crippen LogP contribution in [0.1, 0.15) is 45.1 Å². The van der Waals surface area contributed by atoms with Gasteiger partial charge in [-0.2, -0.15) is 10.4 Å². The summed E-state index contributed by atoms with van der Waals surface area (Å²) in [7, 11) is 0. The molecule has 3 rings (SSSR count). The van der Waals surface area contributed by atoms with Gasteiger partial charge in [-0.05, 0) is 12.5 Å². The highest BCUT2D eigenvalue weighted by molar-refractivity contribution is 5.89. The number of unbranched alkanes of at least 4 members (excludes halogenated alkanes) is 3. The van der Waals surface area contributed by atoms with Crippen LogP contribution in [0.5, 0.6) is 0 Å². The number of aromatic nitrogens is 5. The minimum absolute atomic E-state index is 0.218. The number of rotatable bonds is 7. The van der Waals surface area contributed by atoms with E-state index >= 15 is 0 Å². The third-order valence-electron chi connectivity index (χ3n) is 4.03. The van der Waals surface area contributed by atoms with Gasteiger partial charge in [0.05, 0.1) is 18.0 Å². The lowest BCUT2D eigenvalue weighted by Gasteiger charge is -2.09. The Kier molecular flexibility index (Phi) is 4.67. The third-order valence-corrected chi connectivity index (χ3v) is 4.03. The summed E-state index contributed by atoms with van der Waals surface area (Å²) in [5.41, 5.74) is 2.55. The van der Waals surface area contributed by atoms with E-state index < -0.39 is 0 Å². The lowest BCUT2D eigenvalue weighted by Crippen LogP contribution is -2.07. The van der Waals surface area contributed by atoms with Gasteiger partial charge < -0.3 is 4.98 Å². The second kappa shape index (κ2) is 7.05. The topological polar surface area (TPSA) is 83.2 Å². The molecule has 1 atom stereocenters. The lowest BCUT2D eigenvalue weighted by atomic mass is 10.1. The quantitative estimate of drug-likeness (QED) is 0.672. The Balaban J connectivity index is 1.79. The molecule has 0 aromatic carbocycles. The molecule has 0 saturated heterocycles. The van der Waals surface area contributed by atoms with Crippen molar-refractivity contribution in [3.05, 3.63) is 31.0 Å². The van der Waals surface area contributed by atoms with Crippen LogP contribution in [0.3, 0.4) is 0 Å². The van der Waals surface area contributed by atoms with Gasteiger partial charge in [-0.15, -0.1) is 0 Å². The predicted molar refractivity (Wildman–Crippen MR) is 88.5 cm³/mol. The van der Waals surface area contributed by atoms with Gasteiger partial charge in [0.25, 0.3) is 0 Å². The van der Waals surface area contributed by atoms with Crippen LogP contribution in [-0.4, -0.2) is 24.7 Å². The molecule has 0 aliphatic carbocycles. The van der Waals surface area contributed by atoms with E-state index in [2.05, 4.69) is 33.0 Å². The zero-order valence-electron chi connectivity index (χ0n) is 13.2. The summed E-state index contributed by atoms with van der Waals surface area (Å²) >= 11 is 0. The molecule has 0 saturated carbocycles. The van der Waals surface area contributed by atoms with E-state index in [1.54, 1.807) is 10.9 Å². The average molecular weight is 308 g/mol. The van der Waals surface area contributed by atoms with Gasteiger partial charge in [0, 0.05) is 23.3 Å². The van der Waals surface area contributed by atoms with Crippen LogP contribution in [0.4, 0.5) is 0 Å². The predicted octanol–water partition coefficient (Wildman–Crippen LogP) is 3.86. The van der Waals surface area contributed by atoms with Gasteiger partial charge in [0.15, 0.2) is 0 Å². The summed E-state index contributed by atoms with van der Waals surface area (Å²) in [6, 6.07) is 4.09. The van der Waals surface area contributed by atoms with E-state index in [9.17, 15) is 5.26 Å². The third kappa shape index (κ3) is 3.24. The summed E-state index contributed by atoms with van der Waals surface area (Å²) < 4.78 is 1.75. The number of hydrogen-bond acceptors (Lipinski definition) is 4. The molecule has 3 aromatic heterocycles. The number of nitrogens with one attached hydrogen (secondary N) is 1. The first kappa shape index (κ1) is 15.2. The Labute approximate surface area is 135 Å². The highest BCUT2D eigenvalue weighted by Gasteiger charge is 2.14. The summed E-state index contributed by atoms with van der Waals surface area (Å²) in [6.45, 7) is 2.19. The lowest BCUT2D eigenvalue weighted by molar-refractivity contribution is 0.482. The fourth-order valence-corrected chi connectivity index (χ4v) is 2.75. The molecular formula is C17H20N6. The summed E-state index contributed by atoms with van der Waals surface area (Å²) in [6.07, 6.45) is 12.5. The number of nitrogens with zero attached hydrogens (tertiary/aromatic N) is 5. The zero-order valence-corrected chi connectivity index (χ0v) is 13.2. The van der Waals surface area contributed by atoms with Crippen molar-refractivity contribution < 1.29 is 0 Å². The SMILES string of the molecule is CCCCCCC(C#N)n1cc(-c2ncnc3[nH]ccc23)cn1. The monoisotopic (exact) mass is 308 g/mol. The van der Waals surface area contributed by atoms with Gasteiger partial charge in [-0.1, -0.05) is 32.6 Å². The molecule has 118 valence electrons. The molecule has 6 heteroatoms. The minimum Gasteiger partial charge on any atom is -0.346 e. The van der Waals surface area contributed by atoms with Crippen LogP contribution in [0.15, 0.2) is 31.0 Å². The van der Waals surface area contributed by atoms with Crippen molar-refractivity contribution in [3.63, 3.8) is 0 Å². The van der Waals surface area contributed by atoms with Crippen molar-refractivity contribution >= 4 is 11.0 Å². The standard InChI is InChI=1S/C17H20N6/c1-2-3-4-5-6-14(9-18)23-11-13(10-22-23)16-15-7-8-19-17(15)21-12-20-16/h7-8,10-12,14H,2-6H2,1H3,(H,19,20,21). The molecule has 3 heterocycles. The second-order valence-electron chi connectivity index (χ2n) is 5.67. The number of aromatic amines is 1. The summed E-state index contributed by atoms with van der Waals surface area (Å²) in [5, 5.41) is 14.8. The molecule has 0 bridgehead atoms. The molecule has 0 spiro atoms. The van der Waals surface area contributed by atoms with Crippen LogP contribution in [-0.2, 0) is 0 Å². The van der Waals surface area contributed by atoms with Crippen LogP contribution >= 0.6 is 0 Å². The van der Waals surface area contributed by atoms with Crippen molar-refractivity contribution in [2.45, 2.75) is 45.1 Å². The molecule has 3 aromatic rings. The van der Waals surface area contributed by atoms with E-state index in [0.717, 1.165) is 35.1 Å². The zero-order chi connectivity index (χ0) is 16.1. The van der Waals surface area contributed by atoms with Crippen LogP contribution in [0.25, 0.3) is 22.3 Å². The van der Waals surface area contributed by atoms with Gasteiger partial charge in [0.2, 0.25) is 0 Å². The number of hydrogen-bond donors (Lipinski definition) is 1. The fourth-order valence-electron chi connectivity index (χ4n) is 2.75. The molecule has 0 radical (unpaired) electrons. The molecule has 6 nitrogen and oxygen atoms in total. The van der Waals surface area contributed by atoms with Gasteiger partial charge in [0.1, 0.15) is 18.0 Å². The van der Waals surface area contributed by atoms with Crippen molar-refractivity contribution in [2.75, 3.05) is 0 Å². The molecule has 1 N–H and O–H groups in total. The maximum absolute atomic E-state index is 9.41. The number of nitriles is 1. The van der Waals surface area contributed by atoms with Crippen molar-refractivity contribution in [1.82, 2.24) is 24.7 Å². The molecule has 1 unspecified atom stereocenters. The van der Waals surface area contributed by atoms with Crippen molar-refractivity contribution in [1.29, 1.82) is 5.26 Å². The Hall–Kier alpha value is -2.68. The first-order valence-electron chi connectivity index (χ1n) is 8.05. The van der Waals surface area contributed by atoms with Gasteiger partial charge in [-0.25, -0.2) is 9.97 Å². The number of fused-ring (bicyclic) bond motifs is 1. The van der Waals surface area contributed by atoms with E-state index in [4.69, 9.17) is 0 Å². The highest BCUT2D eigenvalue weighted by atomic mass is 15.3. The van der Waals surface area contributed by atoms with E-state index in [-0.39, 0.29) is 6.04 Å². The number of H-pyrrole nitrogens is 1. The van der Waals surface area contributed by atoms with E-state index in [1.165, 1.54) is 25.6 Å². The smallest absolute Gasteiger partial charge is 0.141 e. The second-order valence-corrected chi connectivity index (χ2v) is 5.67. The minimum atomic E-state index is -0.218. The van der Waals surface area contributed by atoms with Crippen LogP contribution in [0, 0.1) is 11.3 Å². The maximum Gasteiger partial charge on any atom is 0.141 e. The van der Waals surface area contributed by atoms with Crippen LogP contribution < -0.4 is 0 Å². The molecule has 0 aliphatic heterocycles. The van der Waals surface area contributed by atoms with E-state index in [1.807, 2.05) is 18.5 Å². The first-order valence-corrected chi connectivity index (χ1v) is 8.05. The molecule has 0 aliphatic rings. The van der Waals surface area contributed by atoms with Crippen molar-refractivity contribution in [2.24, 2.45) is 0 Å². The van der Waals surface area contributed by atoms with Crippen molar-refractivity contribution in [3.8, 4) is 17.3 Å². The Morgan fingerprint density at radius 1 is 1.30 bits per heavy atom. The highest BCUT2D eigenvalue weighted by Crippen LogP contribution is 2.25. The maximum atomic E-state index is 9.41. The molecule has 23 heavy (non-hydrogen) atoms. The van der Waals surface area contributed by atoms with Gasteiger partial charge in [-0.3, -0.25) is 4.68 Å². The first-order chi connectivity index (χ1) is 11.3. The molecule has 0 amide bonds. The Bertz CT molecular complexity index is 810. The average Bonchev–Trinajstić information content (AvgIpc) is 3.24. The molecular weight excluding hydrogens is 288 g/mol. The van der Waals surface area contributed by atoms with Gasteiger partial charge >= 0.3 is 0 Å². The largest absolute Gasteiger partial charge is 0.346 e. The fraction of sp³-hybridized carbons (Fsp3) is 0.412. The Morgan fingerprint density at radius 3 is 3.04 bits per heavy atom. The molecule has 0 fully saturated rings. The summed E-state index contributed by atoms with van der Waals surface area (Å²) in [4.78, 5) is 11.6. The summed E-state index contributed by atoms with van der Waals surface area (Å²) in [5.74, 6) is 0.